The Morgan fingerprint density at radius 2 is 1.71 bits per heavy atom. The first-order chi connectivity index (χ1) is 16.2. The Kier molecular flexibility index (Phi) is 6.93. The molecule has 0 saturated heterocycles. The molecule has 0 bridgehead atoms. The number of benzene rings is 1. The van der Waals surface area contributed by atoms with Gasteiger partial charge in [0.2, 0.25) is 5.91 Å². The van der Waals surface area contributed by atoms with Crippen LogP contribution < -0.4 is 11.1 Å². The van der Waals surface area contributed by atoms with Crippen LogP contribution >= 0.6 is 0 Å². The van der Waals surface area contributed by atoms with Crippen molar-refractivity contribution in [2.75, 3.05) is 5.32 Å². The lowest BCUT2D eigenvalue weighted by Crippen LogP contribution is -2.37. The van der Waals surface area contributed by atoms with Crippen molar-refractivity contribution in [3.63, 3.8) is 0 Å². The third-order valence-electron chi connectivity index (χ3n) is 5.29. The number of hydrogen-bond donors (Lipinski definition) is 3. The number of aromatic nitrogens is 2. The van der Waals surface area contributed by atoms with E-state index < -0.39 is 30.0 Å². The summed E-state index contributed by atoms with van der Waals surface area (Å²) in [6, 6.07) is 4.82. The average Bonchev–Trinajstić information content (AvgIpc) is 3.67. The van der Waals surface area contributed by atoms with Gasteiger partial charge < -0.3 is 16.2 Å². The van der Waals surface area contributed by atoms with E-state index in [0.717, 1.165) is 18.5 Å². The number of rotatable bonds is 6. The number of anilines is 1. The highest BCUT2D eigenvalue weighted by Gasteiger charge is 2.65. The minimum Gasteiger partial charge on any atom is -0.475 e. The lowest BCUT2D eigenvalue weighted by atomic mass is 9.98. The maximum Gasteiger partial charge on any atom is 0.490 e. The fourth-order valence-corrected chi connectivity index (χ4v) is 3.27. The Bertz CT molecular complexity index is 1120. The zero-order chi connectivity index (χ0) is 26.2. The number of nitrogens with two attached hydrogens (primary N) is 1. The second kappa shape index (κ2) is 9.28. The van der Waals surface area contributed by atoms with Crippen LogP contribution in [0.2, 0.25) is 0 Å². The second-order valence-corrected chi connectivity index (χ2v) is 8.01. The van der Waals surface area contributed by atoms with Crippen LogP contribution in [0.3, 0.4) is 0 Å². The summed E-state index contributed by atoms with van der Waals surface area (Å²) in [5.41, 5.74) is 5.80. The molecule has 4 rings (SSSR count). The van der Waals surface area contributed by atoms with Crippen LogP contribution in [0.1, 0.15) is 35.6 Å². The fourth-order valence-electron chi connectivity index (χ4n) is 3.27. The fraction of sp³-hybridized carbons (Fsp3) is 0.450. The topological polar surface area (TPSA) is 135 Å². The minimum absolute atomic E-state index is 0.0498. The molecule has 190 valence electrons. The molecule has 1 fully saturated rings. The summed E-state index contributed by atoms with van der Waals surface area (Å²) in [6.45, 7) is 0. The molecule has 4 N–H and O–H groups in total. The molecule has 1 aliphatic carbocycles. The molecule has 0 radical (unpaired) electrons. The van der Waals surface area contributed by atoms with E-state index in [1.54, 1.807) is 10.9 Å². The SMILES string of the molecule is Cn1ncc(NC(=O)C(N)Cc2ccc(C3(C(F)(F)F)N=N3)cc2)c1C1CC1.O=C(O)C(F)(F)F. The number of hydrogen-bond acceptors (Lipinski definition) is 6. The van der Waals surface area contributed by atoms with Crippen LogP contribution in [0.25, 0.3) is 0 Å². The summed E-state index contributed by atoms with van der Waals surface area (Å²) in [5.74, 6) is -2.71. The van der Waals surface area contributed by atoms with Gasteiger partial charge in [0, 0.05) is 18.5 Å². The zero-order valence-electron chi connectivity index (χ0n) is 18.1. The van der Waals surface area contributed by atoms with Gasteiger partial charge in [0.05, 0.1) is 23.6 Å². The zero-order valence-corrected chi connectivity index (χ0v) is 18.1. The molecule has 15 heteroatoms. The Balaban J connectivity index is 0.000000429. The molecule has 2 aliphatic rings. The first-order valence-corrected chi connectivity index (χ1v) is 10.1. The van der Waals surface area contributed by atoms with E-state index in [4.69, 9.17) is 15.6 Å². The molecule has 1 aromatic carbocycles. The number of carboxylic acids is 1. The number of carbonyl (C=O) groups is 2. The Hall–Kier alpha value is -3.49. The van der Waals surface area contributed by atoms with Crippen molar-refractivity contribution in [1.29, 1.82) is 0 Å². The number of amides is 1. The molecule has 35 heavy (non-hydrogen) atoms. The Labute approximate surface area is 194 Å². The molecule has 1 atom stereocenters. The van der Waals surface area contributed by atoms with E-state index in [9.17, 15) is 31.1 Å². The number of nitrogens with one attached hydrogen (secondary N) is 1. The number of halogens is 6. The van der Waals surface area contributed by atoms with Gasteiger partial charge in [-0.15, -0.1) is 10.2 Å². The van der Waals surface area contributed by atoms with Crippen molar-refractivity contribution in [3.05, 3.63) is 47.3 Å². The number of carboxylic acid groups (broad SMARTS) is 1. The Morgan fingerprint density at radius 3 is 2.14 bits per heavy atom. The number of nitrogens with zero attached hydrogens (tertiary/aromatic N) is 4. The third-order valence-corrected chi connectivity index (χ3v) is 5.29. The lowest BCUT2D eigenvalue weighted by molar-refractivity contribution is -0.192. The summed E-state index contributed by atoms with van der Waals surface area (Å²) in [4.78, 5) is 21.3. The van der Waals surface area contributed by atoms with Crippen LogP contribution in [0.4, 0.5) is 32.0 Å². The van der Waals surface area contributed by atoms with E-state index in [0.29, 0.717) is 17.2 Å². The molecule has 1 aliphatic heterocycles. The van der Waals surface area contributed by atoms with E-state index >= 15 is 0 Å². The molecule has 1 amide bonds. The highest BCUT2D eigenvalue weighted by Crippen LogP contribution is 2.52. The maximum atomic E-state index is 13.0. The molecule has 0 spiro atoms. The number of carbonyl (C=O) groups excluding carboxylic acids is 1. The molecular weight excluding hydrogens is 486 g/mol. The van der Waals surface area contributed by atoms with Crippen molar-refractivity contribution in [3.8, 4) is 0 Å². The maximum absolute atomic E-state index is 13.0. The summed E-state index contributed by atoms with van der Waals surface area (Å²) in [7, 11) is 1.83. The normalized spacial score (nSPS) is 17.3. The number of aryl methyl sites for hydroxylation is 1. The van der Waals surface area contributed by atoms with Crippen LogP contribution in [-0.2, 0) is 28.7 Å². The largest absolute Gasteiger partial charge is 0.490 e. The third kappa shape index (κ3) is 5.96. The quantitative estimate of drug-likeness (QED) is 0.515. The number of alkyl halides is 6. The van der Waals surface area contributed by atoms with E-state index in [1.165, 1.54) is 24.3 Å². The van der Waals surface area contributed by atoms with Gasteiger partial charge in [-0.25, -0.2) is 4.79 Å². The van der Waals surface area contributed by atoms with E-state index in [-0.39, 0.29) is 17.9 Å². The standard InChI is InChI=1S/C18H19F3N6O.C2HF3O2/c1-27-15(11-4-5-11)14(9-23-27)24-16(28)13(22)8-10-2-6-12(7-3-10)17(25-26-17)18(19,20)21;3-2(4,5)1(6)7/h2-3,6-7,9,11,13H,4-5,8,22H2,1H3,(H,24,28);(H,6,7). The minimum atomic E-state index is -5.08. The summed E-state index contributed by atoms with van der Waals surface area (Å²) in [5, 5.41) is 20.5. The molecule has 1 saturated carbocycles. The van der Waals surface area contributed by atoms with Gasteiger partial charge in [-0.05, 0) is 24.8 Å². The van der Waals surface area contributed by atoms with Crippen molar-refractivity contribution >= 4 is 17.6 Å². The summed E-state index contributed by atoms with van der Waals surface area (Å²) in [6.07, 6.45) is -5.71. The van der Waals surface area contributed by atoms with Crippen molar-refractivity contribution in [2.45, 2.75) is 49.2 Å². The van der Waals surface area contributed by atoms with Gasteiger partial charge >= 0.3 is 24.0 Å². The molecule has 2 aromatic rings. The van der Waals surface area contributed by atoms with Gasteiger partial charge in [0.25, 0.3) is 0 Å². The average molecular weight is 506 g/mol. The molecule has 2 heterocycles. The monoisotopic (exact) mass is 506 g/mol. The van der Waals surface area contributed by atoms with Gasteiger partial charge in [-0.1, -0.05) is 24.3 Å². The van der Waals surface area contributed by atoms with E-state index in [1.807, 2.05) is 7.05 Å². The number of aliphatic carboxylic acids is 1. The molecule has 1 unspecified atom stereocenters. The van der Waals surface area contributed by atoms with Crippen LogP contribution in [0.5, 0.6) is 0 Å². The second-order valence-electron chi connectivity index (χ2n) is 8.01. The molecule has 1 aromatic heterocycles. The smallest absolute Gasteiger partial charge is 0.475 e. The highest BCUT2D eigenvalue weighted by atomic mass is 19.4. The van der Waals surface area contributed by atoms with Crippen molar-refractivity contribution in [1.82, 2.24) is 9.78 Å². The van der Waals surface area contributed by atoms with Gasteiger partial charge in [0.15, 0.2) is 0 Å². The van der Waals surface area contributed by atoms with Crippen molar-refractivity contribution in [2.24, 2.45) is 23.0 Å². The van der Waals surface area contributed by atoms with E-state index in [2.05, 4.69) is 20.6 Å². The lowest BCUT2D eigenvalue weighted by Gasteiger charge is -2.16. The van der Waals surface area contributed by atoms with Gasteiger partial charge in [0.1, 0.15) is 0 Å². The predicted octanol–water partition coefficient (Wildman–Crippen LogP) is 3.62. The van der Waals surface area contributed by atoms with Crippen LogP contribution in [0.15, 0.2) is 40.7 Å². The predicted molar refractivity (Wildman–Crippen MR) is 108 cm³/mol. The van der Waals surface area contributed by atoms with Gasteiger partial charge in [-0.2, -0.15) is 31.4 Å². The highest BCUT2D eigenvalue weighted by molar-refractivity contribution is 5.95. The summed E-state index contributed by atoms with van der Waals surface area (Å²) >= 11 is 0. The van der Waals surface area contributed by atoms with Crippen LogP contribution in [-0.4, -0.2) is 45.2 Å². The first kappa shape index (κ1) is 26.1. The van der Waals surface area contributed by atoms with Gasteiger partial charge in [-0.3, -0.25) is 9.48 Å². The van der Waals surface area contributed by atoms with Crippen molar-refractivity contribution < 1.29 is 41.0 Å². The molecule has 9 nitrogen and oxygen atoms in total. The molecular formula is C20H20F6N6O3. The summed E-state index contributed by atoms with van der Waals surface area (Å²) < 4.78 is 72.6. The Morgan fingerprint density at radius 1 is 1.17 bits per heavy atom. The first-order valence-electron chi connectivity index (χ1n) is 10.1. The van der Waals surface area contributed by atoms with Crippen LogP contribution in [0, 0.1) is 0 Å².